The molecule has 2 saturated carbocycles. The Hall–Kier alpha value is -1.61. The fraction of sp³-hybridized carbons (Fsp3) is 0.500. The molecule has 2 aliphatic rings. The van der Waals surface area contributed by atoms with Gasteiger partial charge in [-0.25, -0.2) is 0 Å². The van der Waals surface area contributed by atoms with Crippen molar-refractivity contribution in [3.8, 4) is 0 Å². The highest BCUT2D eigenvalue weighted by Gasteiger charge is 2.37. The lowest BCUT2D eigenvalue weighted by molar-refractivity contribution is 0.460. The monoisotopic (exact) mass is 281 g/mol. The Morgan fingerprint density at radius 3 is 2.71 bits per heavy atom. The summed E-state index contributed by atoms with van der Waals surface area (Å²) in [5.41, 5.74) is 2.65. The highest BCUT2D eigenvalue weighted by molar-refractivity contribution is 5.27. The van der Waals surface area contributed by atoms with E-state index in [1.165, 1.54) is 43.4 Å². The second-order valence-corrected chi connectivity index (χ2v) is 6.47. The van der Waals surface area contributed by atoms with Crippen LogP contribution in [0.3, 0.4) is 0 Å². The van der Waals surface area contributed by atoms with E-state index in [1.807, 2.05) is 0 Å². The van der Waals surface area contributed by atoms with Gasteiger partial charge in [0.2, 0.25) is 0 Å². The Balaban J connectivity index is 1.30. The number of nitrogens with zero attached hydrogens (tertiary/aromatic N) is 2. The normalized spacial score (nSPS) is 25.3. The number of benzene rings is 1. The first-order valence-electron chi connectivity index (χ1n) is 8.22. The highest BCUT2D eigenvalue weighted by Crippen LogP contribution is 2.40. The average Bonchev–Trinajstić information content (AvgIpc) is 2.94. The van der Waals surface area contributed by atoms with Gasteiger partial charge in [0.1, 0.15) is 0 Å². The topological polar surface area (TPSA) is 29.9 Å². The van der Waals surface area contributed by atoms with E-state index >= 15 is 0 Å². The molecule has 2 fully saturated rings. The summed E-state index contributed by atoms with van der Waals surface area (Å²) in [6.45, 7) is 0.897. The summed E-state index contributed by atoms with van der Waals surface area (Å²) < 4.78 is 2.19. The van der Waals surface area contributed by atoms with E-state index in [-0.39, 0.29) is 0 Å². The highest BCUT2D eigenvalue weighted by atomic mass is 15.3. The third kappa shape index (κ3) is 2.88. The van der Waals surface area contributed by atoms with Gasteiger partial charge >= 0.3 is 0 Å². The molecule has 0 amide bonds. The Bertz CT molecular complexity index is 584. The molecule has 1 heterocycles. The summed E-state index contributed by atoms with van der Waals surface area (Å²) in [7, 11) is 0. The van der Waals surface area contributed by atoms with Crippen LogP contribution in [0.5, 0.6) is 0 Å². The van der Waals surface area contributed by atoms with Crippen molar-refractivity contribution < 1.29 is 0 Å². The first kappa shape index (κ1) is 13.1. The minimum Gasteiger partial charge on any atom is -0.308 e. The van der Waals surface area contributed by atoms with Gasteiger partial charge in [-0.15, -0.1) is 0 Å². The van der Waals surface area contributed by atoms with E-state index in [1.54, 1.807) is 0 Å². The van der Waals surface area contributed by atoms with Crippen molar-refractivity contribution in [2.24, 2.45) is 0 Å². The van der Waals surface area contributed by atoms with Gasteiger partial charge in [0, 0.05) is 24.7 Å². The average molecular weight is 281 g/mol. The molecular weight excluding hydrogens is 258 g/mol. The molecule has 1 aromatic heterocycles. The van der Waals surface area contributed by atoms with Gasteiger partial charge in [-0.2, -0.15) is 5.10 Å². The van der Waals surface area contributed by atoms with Crippen LogP contribution in [0.25, 0.3) is 0 Å². The molecule has 0 bridgehead atoms. The molecule has 0 aliphatic heterocycles. The number of hydrogen-bond donors (Lipinski definition) is 1. The van der Waals surface area contributed by atoms with Gasteiger partial charge in [0.15, 0.2) is 0 Å². The molecule has 0 radical (unpaired) electrons. The van der Waals surface area contributed by atoms with Crippen LogP contribution >= 0.6 is 0 Å². The van der Waals surface area contributed by atoms with Crippen molar-refractivity contribution in [2.45, 2.75) is 56.7 Å². The number of rotatable bonds is 5. The molecule has 3 heteroatoms. The summed E-state index contributed by atoms with van der Waals surface area (Å²) in [4.78, 5) is 0. The van der Waals surface area contributed by atoms with Crippen LogP contribution in [0.1, 0.15) is 55.3 Å². The minimum absolute atomic E-state index is 0.629. The van der Waals surface area contributed by atoms with E-state index in [0.29, 0.717) is 18.0 Å². The van der Waals surface area contributed by atoms with E-state index in [0.717, 1.165) is 6.54 Å². The van der Waals surface area contributed by atoms with Crippen molar-refractivity contribution in [1.29, 1.82) is 0 Å². The summed E-state index contributed by atoms with van der Waals surface area (Å²) in [6.07, 6.45) is 8.74. The molecular formula is C18H23N3. The molecule has 2 aromatic rings. The lowest BCUT2D eigenvalue weighted by Gasteiger charge is -2.09. The molecule has 2 atom stereocenters. The first-order chi connectivity index (χ1) is 10.4. The van der Waals surface area contributed by atoms with Gasteiger partial charge in [-0.1, -0.05) is 43.2 Å². The van der Waals surface area contributed by atoms with Crippen molar-refractivity contribution in [3.63, 3.8) is 0 Å². The quantitative estimate of drug-likeness (QED) is 0.906. The summed E-state index contributed by atoms with van der Waals surface area (Å²) >= 11 is 0. The van der Waals surface area contributed by atoms with Crippen LogP contribution in [-0.4, -0.2) is 15.8 Å². The van der Waals surface area contributed by atoms with Gasteiger partial charge in [-0.3, -0.25) is 4.68 Å². The van der Waals surface area contributed by atoms with Crippen LogP contribution in [0.4, 0.5) is 0 Å². The van der Waals surface area contributed by atoms with E-state index < -0.39 is 0 Å². The SMILES string of the molecule is c1ccc(C2CC2NCc2ccn(C3CCCC3)n2)cc1. The molecule has 21 heavy (non-hydrogen) atoms. The maximum absolute atomic E-state index is 4.74. The Morgan fingerprint density at radius 1 is 1.10 bits per heavy atom. The van der Waals surface area contributed by atoms with Crippen LogP contribution in [0.2, 0.25) is 0 Å². The van der Waals surface area contributed by atoms with Crippen molar-refractivity contribution in [1.82, 2.24) is 15.1 Å². The molecule has 4 rings (SSSR count). The second-order valence-electron chi connectivity index (χ2n) is 6.47. The van der Waals surface area contributed by atoms with Gasteiger partial charge in [0.05, 0.1) is 11.7 Å². The van der Waals surface area contributed by atoms with Crippen LogP contribution in [0, 0.1) is 0 Å². The number of hydrogen-bond acceptors (Lipinski definition) is 2. The predicted octanol–water partition coefficient (Wildman–Crippen LogP) is 3.64. The Morgan fingerprint density at radius 2 is 1.90 bits per heavy atom. The van der Waals surface area contributed by atoms with Crippen LogP contribution in [0.15, 0.2) is 42.6 Å². The standard InChI is InChI=1S/C18H23N3/c1-2-6-14(7-3-1)17-12-18(17)19-13-15-10-11-21(20-15)16-8-4-5-9-16/h1-3,6-7,10-11,16-19H,4-5,8-9,12-13H2. The third-order valence-electron chi connectivity index (χ3n) is 4.93. The Kier molecular flexibility index (Phi) is 3.52. The van der Waals surface area contributed by atoms with Crippen LogP contribution in [-0.2, 0) is 6.54 Å². The Labute approximate surface area is 126 Å². The lowest BCUT2D eigenvalue weighted by atomic mass is 10.1. The number of nitrogens with one attached hydrogen (secondary N) is 1. The van der Waals surface area contributed by atoms with E-state index in [2.05, 4.69) is 52.6 Å². The molecule has 110 valence electrons. The number of aromatic nitrogens is 2. The lowest BCUT2D eigenvalue weighted by Crippen LogP contribution is -2.18. The summed E-state index contributed by atoms with van der Waals surface area (Å²) in [5, 5.41) is 8.39. The van der Waals surface area contributed by atoms with Crippen molar-refractivity contribution in [3.05, 3.63) is 53.9 Å². The zero-order valence-corrected chi connectivity index (χ0v) is 12.4. The van der Waals surface area contributed by atoms with Crippen LogP contribution < -0.4 is 5.32 Å². The molecule has 0 saturated heterocycles. The molecule has 2 aliphatic carbocycles. The molecule has 0 spiro atoms. The third-order valence-corrected chi connectivity index (χ3v) is 4.93. The fourth-order valence-electron chi connectivity index (χ4n) is 3.57. The second kappa shape index (κ2) is 5.64. The van der Waals surface area contributed by atoms with Crippen molar-refractivity contribution >= 4 is 0 Å². The maximum atomic E-state index is 4.74. The molecule has 3 nitrogen and oxygen atoms in total. The zero-order valence-electron chi connectivity index (χ0n) is 12.4. The van der Waals surface area contributed by atoms with E-state index in [4.69, 9.17) is 5.10 Å². The molecule has 1 N–H and O–H groups in total. The largest absolute Gasteiger partial charge is 0.308 e. The summed E-state index contributed by atoms with van der Waals surface area (Å²) in [6, 6.07) is 14.3. The van der Waals surface area contributed by atoms with Gasteiger partial charge < -0.3 is 5.32 Å². The van der Waals surface area contributed by atoms with E-state index in [9.17, 15) is 0 Å². The smallest absolute Gasteiger partial charge is 0.0762 e. The van der Waals surface area contributed by atoms with Crippen molar-refractivity contribution in [2.75, 3.05) is 0 Å². The first-order valence-corrected chi connectivity index (χ1v) is 8.22. The predicted molar refractivity (Wildman–Crippen MR) is 84.2 cm³/mol. The zero-order chi connectivity index (χ0) is 14.1. The minimum atomic E-state index is 0.629. The fourth-order valence-corrected chi connectivity index (χ4v) is 3.57. The van der Waals surface area contributed by atoms with Gasteiger partial charge in [0.25, 0.3) is 0 Å². The van der Waals surface area contributed by atoms with Gasteiger partial charge in [-0.05, 0) is 30.9 Å². The molecule has 2 unspecified atom stereocenters. The maximum Gasteiger partial charge on any atom is 0.0762 e. The summed E-state index contributed by atoms with van der Waals surface area (Å²) in [5.74, 6) is 0.697. The molecule has 1 aromatic carbocycles.